The highest BCUT2D eigenvalue weighted by Crippen LogP contribution is 2.29. The van der Waals surface area contributed by atoms with Crippen LogP contribution >= 0.6 is 11.3 Å². The Hall–Kier alpha value is -2.09. The Morgan fingerprint density at radius 3 is 2.90 bits per heavy atom. The first-order valence-electron chi connectivity index (χ1n) is 6.61. The van der Waals surface area contributed by atoms with Gasteiger partial charge in [0, 0.05) is 12.6 Å². The zero-order valence-electron chi connectivity index (χ0n) is 12.1. The van der Waals surface area contributed by atoms with Crippen molar-refractivity contribution in [3.8, 4) is 10.8 Å². The Labute approximate surface area is 126 Å². The molecule has 0 bridgehead atoms. The van der Waals surface area contributed by atoms with Crippen LogP contribution in [0.2, 0.25) is 0 Å². The smallest absolute Gasteiger partial charge is 0.269 e. The van der Waals surface area contributed by atoms with Crippen LogP contribution in [0, 0.1) is 5.41 Å². The molecule has 3 aromatic heterocycles. The Morgan fingerprint density at radius 1 is 1.33 bits per heavy atom. The molecule has 0 amide bonds. The van der Waals surface area contributed by atoms with Crippen LogP contribution in [0.25, 0.3) is 10.8 Å². The molecular formula is C13H16N6OS. The SMILES string of the molecule is CC(C)(C)Cc1ncc(-c2nc(Cn3ccnn3)no2)s1. The Bertz CT molecular complexity index is 709. The second-order valence-electron chi connectivity index (χ2n) is 5.97. The van der Waals surface area contributed by atoms with Crippen molar-refractivity contribution in [2.75, 3.05) is 0 Å². The summed E-state index contributed by atoms with van der Waals surface area (Å²) in [5, 5.41) is 12.6. The zero-order chi connectivity index (χ0) is 14.9. The van der Waals surface area contributed by atoms with Gasteiger partial charge in [-0.1, -0.05) is 31.1 Å². The third kappa shape index (κ3) is 3.52. The van der Waals surface area contributed by atoms with Crippen molar-refractivity contribution in [2.24, 2.45) is 5.41 Å². The quantitative estimate of drug-likeness (QED) is 0.736. The molecule has 3 aromatic rings. The Morgan fingerprint density at radius 2 is 2.19 bits per heavy atom. The van der Waals surface area contributed by atoms with Crippen LogP contribution in [0.3, 0.4) is 0 Å². The number of aromatic nitrogens is 6. The maximum atomic E-state index is 5.29. The molecule has 21 heavy (non-hydrogen) atoms. The minimum Gasteiger partial charge on any atom is -0.333 e. The third-order valence-electron chi connectivity index (χ3n) is 2.69. The van der Waals surface area contributed by atoms with E-state index in [2.05, 4.69) is 46.2 Å². The molecule has 3 heterocycles. The first-order valence-corrected chi connectivity index (χ1v) is 7.43. The van der Waals surface area contributed by atoms with E-state index in [9.17, 15) is 0 Å². The molecular weight excluding hydrogens is 288 g/mol. The largest absolute Gasteiger partial charge is 0.333 e. The van der Waals surface area contributed by atoms with Gasteiger partial charge in [0.25, 0.3) is 5.89 Å². The second kappa shape index (κ2) is 5.36. The van der Waals surface area contributed by atoms with Crippen molar-refractivity contribution < 1.29 is 4.52 Å². The van der Waals surface area contributed by atoms with E-state index in [1.807, 2.05) is 0 Å². The minimum atomic E-state index is 0.211. The predicted octanol–water partition coefficient (Wildman–Crippen LogP) is 2.42. The number of hydrogen-bond donors (Lipinski definition) is 0. The first-order chi connectivity index (χ1) is 9.99. The lowest BCUT2D eigenvalue weighted by Gasteiger charge is -2.15. The molecule has 0 N–H and O–H groups in total. The molecule has 0 aromatic carbocycles. The van der Waals surface area contributed by atoms with Crippen LogP contribution in [0.15, 0.2) is 23.1 Å². The third-order valence-corrected chi connectivity index (χ3v) is 3.67. The summed E-state index contributed by atoms with van der Waals surface area (Å²) in [6.45, 7) is 7.02. The summed E-state index contributed by atoms with van der Waals surface area (Å²) in [6, 6.07) is 0. The van der Waals surface area contributed by atoms with Gasteiger partial charge in [-0.3, -0.25) is 0 Å². The fraction of sp³-hybridized carbons (Fsp3) is 0.462. The molecule has 110 valence electrons. The molecule has 0 saturated heterocycles. The van der Waals surface area contributed by atoms with Crippen LogP contribution in [-0.2, 0) is 13.0 Å². The zero-order valence-corrected chi connectivity index (χ0v) is 13.0. The van der Waals surface area contributed by atoms with Gasteiger partial charge in [-0.05, 0) is 5.41 Å². The molecule has 0 aliphatic heterocycles. The molecule has 0 atom stereocenters. The molecule has 0 spiro atoms. The molecule has 0 unspecified atom stereocenters. The van der Waals surface area contributed by atoms with Gasteiger partial charge in [-0.2, -0.15) is 4.98 Å². The van der Waals surface area contributed by atoms with Gasteiger partial charge in [-0.25, -0.2) is 9.67 Å². The summed E-state index contributed by atoms with van der Waals surface area (Å²) < 4.78 is 6.94. The summed E-state index contributed by atoms with van der Waals surface area (Å²) in [4.78, 5) is 9.69. The van der Waals surface area contributed by atoms with Crippen molar-refractivity contribution in [2.45, 2.75) is 33.7 Å². The van der Waals surface area contributed by atoms with Crippen molar-refractivity contribution in [3.63, 3.8) is 0 Å². The average Bonchev–Trinajstić information content (AvgIpc) is 3.08. The second-order valence-corrected chi connectivity index (χ2v) is 7.09. The first kappa shape index (κ1) is 13.9. The molecule has 0 radical (unpaired) electrons. The van der Waals surface area contributed by atoms with Crippen molar-refractivity contribution in [1.82, 2.24) is 30.1 Å². The number of hydrogen-bond acceptors (Lipinski definition) is 7. The molecule has 3 rings (SSSR count). The van der Waals surface area contributed by atoms with Gasteiger partial charge < -0.3 is 4.52 Å². The standard InChI is InChI=1S/C13H16N6OS/c1-13(2,3)6-11-14-7-9(21-11)12-16-10(17-20-12)8-19-5-4-15-18-19/h4-5,7H,6,8H2,1-3H3. The summed E-state index contributed by atoms with van der Waals surface area (Å²) in [7, 11) is 0. The van der Waals surface area contributed by atoms with Crippen LogP contribution in [0.1, 0.15) is 31.6 Å². The van der Waals surface area contributed by atoms with Crippen molar-refractivity contribution in [3.05, 3.63) is 29.4 Å². The lowest BCUT2D eigenvalue weighted by atomic mass is 9.93. The minimum absolute atomic E-state index is 0.211. The normalized spacial score (nSPS) is 12.0. The van der Waals surface area contributed by atoms with Crippen molar-refractivity contribution >= 4 is 11.3 Å². The molecule has 8 heteroatoms. The summed E-state index contributed by atoms with van der Waals surface area (Å²) in [5.41, 5.74) is 0.211. The fourth-order valence-corrected chi connectivity index (χ4v) is 2.96. The fourth-order valence-electron chi connectivity index (χ4n) is 1.82. The number of rotatable bonds is 4. The summed E-state index contributed by atoms with van der Waals surface area (Å²) in [5.74, 6) is 1.07. The molecule has 0 aliphatic rings. The van der Waals surface area contributed by atoms with E-state index in [1.165, 1.54) is 0 Å². The average molecular weight is 304 g/mol. The predicted molar refractivity (Wildman–Crippen MR) is 77.7 cm³/mol. The number of thiazole rings is 1. The number of nitrogens with zero attached hydrogens (tertiary/aromatic N) is 6. The maximum absolute atomic E-state index is 5.29. The van der Waals surface area contributed by atoms with Crippen LogP contribution in [-0.4, -0.2) is 30.1 Å². The molecule has 7 nitrogen and oxygen atoms in total. The molecule has 0 fully saturated rings. The van der Waals surface area contributed by atoms with E-state index in [0.29, 0.717) is 18.3 Å². The van der Waals surface area contributed by atoms with Crippen molar-refractivity contribution in [1.29, 1.82) is 0 Å². The monoisotopic (exact) mass is 304 g/mol. The lowest BCUT2D eigenvalue weighted by Crippen LogP contribution is -2.08. The van der Waals surface area contributed by atoms with Gasteiger partial charge >= 0.3 is 0 Å². The molecule has 0 aliphatic carbocycles. The van der Waals surface area contributed by atoms with Gasteiger partial charge in [0.2, 0.25) is 0 Å². The van der Waals surface area contributed by atoms with Gasteiger partial charge in [0.1, 0.15) is 11.4 Å². The van der Waals surface area contributed by atoms with Crippen LogP contribution in [0.5, 0.6) is 0 Å². The van der Waals surface area contributed by atoms with E-state index < -0.39 is 0 Å². The van der Waals surface area contributed by atoms with Gasteiger partial charge in [0.05, 0.1) is 17.4 Å². The van der Waals surface area contributed by atoms with Crippen LogP contribution < -0.4 is 0 Å². The van der Waals surface area contributed by atoms with E-state index in [0.717, 1.165) is 16.3 Å². The summed E-state index contributed by atoms with van der Waals surface area (Å²) >= 11 is 1.59. The summed E-state index contributed by atoms with van der Waals surface area (Å²) in [6.07, 6.45) is 6.09. The van der Waals surface area contributed by atoms with E-state index >= 15 is 0 Å². The highest BCUT2D eigenvalue weighted by molar-refractivity contribution is 7.15. The Kier molecular flexibility index (Phi) is 3.54. The van der Waals surface area contributed by atoms with Crippen LogP contribution in [0.4, 0.5) is 0 Å². The highest BCUT2D eigenvalue weighted by atomic mass is 32.1. The highest BCUT2D eigenvalue weighted by Gasteiger charge is 2.17. The maximum Gasteiger partial charge on any atom is 0.269 e. The lowest BCUT2D eigenvalue weighted by molar-refractivity contribution is 0.410. The molecule has 0 saturated carbocycles. The van der Waals surface area contributed by atoms with E-state index in [4.69, 9.17) is 4.52 Å². The Balaban J connectivity index is 1.74. The van der Waals surface area contributed by atoms with E-state index in [1.54, 1.807) is 34.6 Å². The topological polar surface area (TPSA) is 82.5 Å². The van der Waals surface area contributed by atoms with E-state index in [-0.39, 0.29) is 5.41 Å². The van der Waals surface area contributed by atoms with Gasteiger partial charge in [0.15, 0.2) is 5.82 Å². The van der Waals surface area contributed by atoms with Gasteiger partial charge in [-0.15, -0.1) is 16.4 Å².